The Labute approximate surface area is 125 Å². The number of benzene rings is 2. The predicted molar refractivity (Wildman–Crippen MR) is 77.3 cm³/mol. The van der Waals surface area contributed by atoms with E-state index in [9.17, 15) is 14.7 Å². The zero-order valence-corrected chi connectivity index (χ0v) is 11.7. The molecule has 1 aromatic heterocycles. The molecule has 0 amide bonds. The zero-order chi connectivity index (χ0) is 15.7. The van der Waals surface area contributed by atoms with Gasteiger partial charge in [0, 0.05) is 17.9 Å². The number of hydrogen-bond donors (Lipinski definition) is 0. The second kappa shape index (κ2) is 5.37. The van der Waals surface area contributed by atoms with Crippen molar-refractivity contribution < 1.29 is 23.8 Å². The number of rotatable bonds is 3. The number of fused-ring (bicyclic) bond motifs is 1. The minimum atomic E-state index is -1.35. The highest BCUT2D eigenvalue weighted by molar-refractivity contribution is 6.07. The van der Waals surface area contributed by atoms with E-state index >= 15 is 0 Å². The molecule has 22 heavy (non-hydrogen) atoms. The van der Waals surface area contributed by atoms with Gasteiger partial charge in [0.25, 0.3) is 0 Å². The van der Waals surface area contributed by atoms with Crippen LogP contribution in [0.2, 0.25) is 0 Å². The zero-order valence-electron chi connectivity index (χ0n) is 11.7. The van der Waals surface area contributed by atoms with Gasteiger partial charge < -0.3 is 19.1 Å². The number of carboxylic acids is 1. The average molecular weight is 295 g/mol. The third-order valence-corrected chi connectivity index (χ3v) is 3.16. The standard InChI is InChI=1S/C17H12O5/c1-10(18)21-12-7-8-14-13(9-12)15(17(19)20)16(22-14)11-5-3-2-4-6-11/h2-9H,1H3,(H,19,20)/p-1. The molecule has 3 aromatic rings. The van der Waals surface area contributed by atoms with E-state index in [-0.39, 0.29) is 17.1 Å². The van der Waals surface area contributed by atoms with Crippen LogP contribution in [0.5, 0.6) is 5.75 Å². The Morgan fingerprint density at radius 3 is 2.45 bits per heavy atom. The normalized spacial score (nSPS) is 10.6. The summed E-state index contributed by atoms with van der Waals surface area (Å²) < 4.78 is 10.6. The fourth-order valence-electron chi connectivity index (χ4n) is 2.30. The summed E-state index contributed by atoms with van der Waals surface area (Å²) in [6, 6.07) is 13.4. The Balaban J connectivity index is 2.24. The van der Waals surface area contributed by atoms with Crippen molar-refractivity contribution in [1.82, 2.24) is 0 Å². The Hall–Kier alpha value is -3.08. The molecule has 1 heterocycles. The summed E-state index contributed by atoms with van der Waals surface area (Å²) in [4.78, 5) is 22.5. The van der Waals surface area contributed by atoms with Crippen molar-refractivity contribution in [2.45, 2.75) is 6.92 Å². The first-order chi connectivity index (χ1) is 10.6. The van der Waals surface area contributed by atoms with E-state index in [1.54, 1.807) is 36.4 Å². The molecule has 0 N–H and O–H groups in total. The highest BCUT2D eigenvalue weighted by Gasteiger charge is 2.17. The summed E-state index contributed by atoms with van der Waals surface area (Å²) >= 11 is 0. The summed E-state index contributed by atoms with van der Waals surface area (Å²) in [6.45, 7) is 1.27. The van der Waals surface area contributed by atoms with Crippen molar-refractivity contribution in [3.63, 3.8) is 0 Å². The van der Waals surface area contributed by atoms with Gasteiger partial charge in [-0.1, -0.05) is 30.3 Å². The Morgan fingerprint density at radius 1 is 1.09 bits per heavy atom. The molecule has 5 heteroatoms. The lowest BCUT2D eigenvalue weighted by Crippen LogP contribution is -2.22. The summed E-state index contributed by atoms with van der Waals surface area (Å²) in [5.74, 6) is -1.36. The number of carboxylic acid groups (broad SMARTS) is 1. The quantitative estimate of drug-likeness (QED) is 0.547. The molecule has 5 nitrogen and oxygen atoms in total. The number of ether oxygens (including phenoxy) is 1. The second-order valence-corrected chi connectivity index (χ2v) is 4.71. The largest absolute Gasteiger partial charge is 0.545 e. The summed E-state index contributed by atoms with van der Waals surface area (Å²) in [5.41, 5.74) is 0.955. The van der Waals surface area contributed by atoms with E-state index in [4.69, 9.17) is 9.15 Å². The molecule has 0 saturated heterocycles. The smallest absolute Gasteiger partial charge is 0.308 e. The average Bonchev–Trinajstić information content (AvgIpc) is 2.86. The van der Waals surface area contributed by atoms with E-state index in [1.165, 1.54) is 13.0 Å². The van der Waals surface area contributed by atoms with Crippen LogP contribution in [0.4, 0.5) is 0 Å². The summed E-state index contributed by atoms with van der Waals surface area (Å²) in [7, 11) is 0. The van der Waals surface area contributed by atoms with Crippen LogP contribution in [0.15, 0.2) is 52.9 Å². The minimum absolute atomic E-state index is 0.0600. The van der Waals surface area contributed by atoms with E-state index < -0.39 is 11.9 Å². The van der Waals surface area contributed by atoms with Crippen molar-refractivity contribution in [2.75, 3.05) is 0 Å². The van der Waals surface area contributed by atoms with Gasteiger partial charge in [0.05, 0.1) is 11.5 Å². The maximum Gasteiger partial charge on any atom is 0.308 e. The van der Waals surface area contributed by atoms with Crippen molar-refractivity contribution in [1.29, 1.82) is 0 Å². The lowest BCUT2D eigenvalue weighted by atomic mass is 10.1. The van der Waals surface area contributed by atoms with Crippen molar-refractivity contribution in [3.05, 3.63) is 54.1 Å². The molecule has 0 spiro atoms. The fraction of sp³-hybridized carbons (Fsp3) is 0.0588. The topological polar surface area (TPSA) is 79.6 Å². The van der Waals surface area contributed by atoms with Gasteiger partial charge in [-0.15, -0.1) is 0 Å². The maximum absolute atomic E-state index is 11.5. The van der Waals surface area contributed by atoms with E-state index in [1.807, 2.05) is 6.07 Å². The SMILES string of the molecule is CC(=O)Oc1ccc2oc(-c3ccccc3)c(C(=O)[O-])c2c1. The predicted octanol–water partition coefficient (Wildman–Crippen LogP) is 2.39. The minimum Gasteiger partial charge on any atom is -0.545 e. The van der Waals surface area contributed by atoms with Crippen molar-refractivity contribution in [2.24, 2.45) is 0 Å². The van der Waals surface area contributed by atoms with Crippen LogP contribution in [0.1, 0.15) is 17.3 Å². The van der Waals surface area contributed by atoms with Gasteiger partial charge in [0.15, 0.2) is 0 Å². The molecular weight excluding hydrogens is 284 g/mol. The van der Waals surface area contributed by atoms with Crippen LogP contribution in [-0.2, 0) is 4.79 Å². The van der Waals surface area contributed by atoms with Crippen molar-refractivity contribution >= 4 is 22.9 Å². The summed E-state index contributed by atoms with van der Waals surface area (Å²) in [5, 5.41) is 11.9. The lowest BCUT2D eigenvalue weighted by Gasteiger charge is -2.04. The molecule has 0 atom stereocenters. The number of hydrogen-bond acceptors (Lipinski definition) is 5. The molecule has 0 fully saturated rings. The molecule has 0 aliphatic rings. The molecule has 0 radical (unpaired) electrons. The Morgan fingerprint density at radius 2 is 1.82 bits per heavy atom. The molecule has 0 aliphatic carbocycles. The molecule has 2 aromatic carbocycles. The number of furan rings is 1. The first kappa shape index (κ1) is 13.9. The van der Waals surface area contributed by atoms with Gasteiger partial charge in [-0.05, 0) is 18.2 Å². The van der Waals surface area contributed by atoms with Gasteiger partial charge in [-0.25, -0.2) is 0 Å². The van der Waals surface area contributed by atoms with Gasteiger partial charge in [0.1, 0.15) is 17.1 Å². The Kier molecular flexibility index (Phi) is 3.39. The third kappa shape index (κ3) is 2.44. The van der Waals surface area contributed by atoms with Gasteiger partial charge >= 0.3 is 5.97 Å². The van der Waals surface area contributed by atoms with Gasteiger partial charge in [-0.3, -0.25) is 4.79 Å². The highest BCUT2D eigenvalue weighted by Crippen LogP contribution is 2.35. The first-order valence-corrected chi connectivity index (χ1v) is 6.58. The molecule has 0 bridgehead atoms. The van der Waals surface area contributed by atoms with Crippen LogP contribution in [0, 0.1) is 0 Å². The van der Waals surface area contributed by atoms with Crippen LogP contribution >= 0.6 is 0 Å². The number of esters is 1. The van der Waals surface area contributed by atoms with E-state index in [0.717, 1.165) is 0 Å². The molecular formula is C17H11O5-. The van der Waals surface area contributed by atoms with Crippen LogP contribution in [-0.4, -0.2) is 11.9 Å². The summed E-state index contributed by atoms with van der Waals surface area (Å²) in [6.07, 6.45) is 0. The maximum atomic E-state index is 11.5. The van der Waals surface area contributed by atoms with Crippen molar-refractivity contribution in [3.8, 4) is 17.1 Å². The third-order valence-electron chi connectivity index (χ3n) is 3.16. The molecule has 110 valence electrons. The molecule has 3 rings (SSSR count). The number of carbonyl (C=O) groups excluding carboxylic acids is 2. The molecule has 0 aliphatic heterocycles. The van der Waals surface area contributed by atoms with Crippen LogP contribution in [0.25, 0.3) is 22.3 Å². The molecule has 0 saturated carbocycles. The monoisotopic (exact) mass is 295 g/mol. The Bertz CT molecular complexity index is 861. The highest BCUT2D eigenvalue weighted by atomic mass is 16.5. The van der Waals surface area contributed by atoms with E-state index in [0.29, 0.717) is 16.5 Å². The number of carbonyl (C=O) groups is 2. The molecule has 0 unspecified atom stereocenters. The van der Waals surface area contributed by atoms with Crippen LogP contribution < -0.4 is 9.84 Å². The van der Waals surface area contributed by atoms with Gasteiger partial charge in [-0.2, -0.15) is 0 Å². The van der Waals surface area contributed by atoms with Crippen LogP contribution in [0.3, 0.4) is 0 Å². The number of aromatic carboxylic acids is 1. The van der Waals surface area contributed by atoms with E-state index in [2.05, 4.69) is 0 Å². The first-order valence-electron chi connectivity index (χ1n) is 6.58. The second-order valence-electron chi connectivity index (χ2n) is 4.71. The lowest BCUT2D eigenvalue weighted by molar-refractivity contribution is -0.254. The fourth-order valence-corrected chi connectivity index (χ4v) is 2.30. The van der Waals surface area contributed by atoms with Gasteiger partial charge in [0.2, 0.25) is 0 Å².